The number of ether oxygens (including phenoxy) is 1. The standard InChI is InChI=1S/C16H25N3O2/c1-13-12-19(8-4-10-21-13)9-7-16(20)18-15-6-3-2-5-14(15)11-17/h2-3,5-6,13H,4,7-12,17H2,1H3,(H,18,20). The zero-order chi connectivity index (χ0) is 15.1. The molecule has 5 nitrogen and oxygen atoms in total. The number of amides is 1. The van der Waals surface area contributed by atoms with Gasteiger partial charge in [0.25, 0.3) is 0 Å². The van der Waals surface area contributed by atoms with Crippen molar-refractivity contribution in [3.8, 4) is 0 Å². The lowest BCUT2D eigenvalue weighted by molar-refractivity contribution is -0.116. The van der Waals surface area contributed by atoms with Crippen LogP contribution >= 0.6 is 0 Å². The average Bonchev–Trinajstić information content (AvgIpc) is 2.70. The van der Waals surface area contributed by atoms with Crippen LogP contribution in [0.2, 0.25) is 0 Å². The summed E-state index contributed by atoms with van der Waals surface area (Å²) in [6, 6.07) is 7.66. The molecule has 0 aromatic heterocycles. The first-order valence-corrected chi connectivity index (χ1v) is 7.61. The van der Waals surface area contributed by atoms with Crippen molar-refractivity contribution in [2.24, 2.45) is 5.73 Å². The molecule has 1 atom stereocenters. The summed E-state index contributed by atoms with van der Waals surface area (Å²) < 4.78 is 5.61. The van der Waals surface area contributed by atoms with E-state index in [2.05, 4.69) is 17.1 Å². The van der Waals surface area contributed by atoms with E-state index in [4.69, 9.17) is 10.5 Å². The fourth-order valence-corrected chi connectivity index (χ4v) is 2.58. The molecule has 5 heteroatoms. The van der Waals surface area contributed by atoms with E-state index in [0.29, 0.717) is 13.0 Å². The molecule has 21 heavy (non-hydrogen) atoms. The van der Waals surface area contributed by atoms with Gasteiger partial charge >= 0.3 is 0 Å². The van der Waals surface area contributed by atoms with E-state index in [-0.39, 0.29) is 12.0 Å². The summed E-state index contributed by atoms with van der Waals surface area (Å²) in [7, 11) is 0. The minimum absolute atomic E-state index is 0.0359. The van der Waals surface area contributed by atoms with Crippen molar-refractivity contribution in [1.29, 1.82) is 0 Å². The second kappa shape index (κ2) is 8.12. The summed E-state index contributed by atoms with van der Waals surface area (Å²) in [6.07, 6.45) is 1.77. The second-order valence-electron chi connectivity index (χ2n) is 5.50. The second-order valence-corrected chi connectivity index (χ2v) is 5.50. The lowest BCUT2D eigenvalue weighted by atomic mass is 10.1. The van der Waals surface area contributed by atoms with Gasteiger partial charge in [0.1, 0.15) is 0 Å². The van der Waals surface area contributed by atoms with Gasteiger partial charge in [0.2, 0.25) is 5.91 Å². The summed E-state index contributed by atoms with van der Waals surface area (Å²) in [6.45, 7) is 5.98. The van der Waals surface area contributed by atoms with Gasteiger partial charge in [-0.25, -0.2) is 0 Å². The number of carbonyl (C=O) groups excluding carboxylic acids is 1. The van der Waals surface area contributed by atoms with Crippen LogP contribution in [-0.4, -0.2) is 43.2 Å². The van der Waals surface area contributed by atoms with Crippen LogP contribution in [0.3, 0.4) is 0 Å². The Hall–Kier alpha value is -1.43. The number of nitrogens with one attached hydrogen (secondary N) is 1. The molecule has 3 N–H and O–H groups in total. The van der Waals surface area contributed by atoms with Gasteiger partial charge in [-0.1, -0.05) is 18.2 Å². The zero-order valence-electron chi connectivity index (χ0n) is 12.7. The highest BCUT2D eigenvalue weighted by molar-refractivity contribution is 5.91. The molecule has 1 fully saturated rings. The molecular weight excluding hydrogens is 266 g/mol. The van der Waals surface area contributed by atoms with Crippen LogP contribution in [0.4, 0.5) is 5.69 Å². The van der Waals surface area contributed by atoms with E-state index in [0.717, 1.165) is 43.9 Å². The molecule has 0 saturated carbocycles. The van der Waals surface area contributed by atoms with E-state index in [1.54, 1.807) is 0 Å². The van der Waals surface area contributed by atoms with Crippen molar-refractivity contribution in [1.82, 2.24) is 4.90 Å². The molecule has 0 aliphatic carbocycles. The molecule has 1 amide bonds. The molecule has 2 rings (SSSR count). The number of rotatable bonds is 5. The SMILES string of the molecule is CC1CN(CCC(=O)Nc2ccccc2CN)CCCO1. The smallest absolute Gasteiger partial charge is 0.225 e. The number of hydrogen-bond donors (Lipinski definition) is 2. The van der Waals surface area contributed by atoms with Crippen LogP contribution in [-0.2, 0) is 16.1 Å². The number of benzene rings is 1. The van der Waals surface area contributed by atoms with Crippen LogP contribution in [0.5, 0.6) is 0 Å². The quantitative estimate of drug-likeness (QED) is 0.864. The van der Waals surface area contributed by atoms with Crippen molar-refractivity contribution in [3.63, 3.8) is 0 Å². The first-order valence-electron chi connectivity index (χ1n) is 7.61. The van der Waals surface area contributed by atoms with Gasteiger partial charge in [0, 0.05) is 44.9 Å². The molecule has 1 aliphatic heterocycles. The highest BCUT2D eigenvalue weighted by Gasteiger charge is 2.16. The van der Waals surface area contributed by atoms with Gasteiger partial charge < -0.3 is 20.7 Å². The van der Waals surface area contributed by atoms with E-state index in [9.17, 15) is 4.79 Å². The van der Waals surface area contributed by atoms with E-state index < -0.39 is 0 Å². The van der Waals surface area contributed by atoms with Crippen LogP contribution in [0, 0.1) is 0 Å². The van der Waals surface area contributed by atoms with Crippen molar-refractivity contribution in [2.75, 3.05) is 31.6 Å². The summed E-state index contributed by atoms with van der Waals surface area (Å²) in [5.74, 6) is 0.0359. The van der Waals surface area contributed by atoms with Crippen LogP contribution in [0.25, 0.3) is 0 Å². The van der Waals surface area contributed by atoms with E-state index >= 15 is 0 Å². The summed E-state index contributed by atoms with van der Waals surface area (Å²) in [4.78, 5) is 14.4. The third-order valence-corrected chi connectivity index (χ3v) is 3.70. The molecule has 0 bridgehead atoms. The predicted octanol–water partition coefficient (Wildman–Crippen LogP) is 1.58. The maximum atomic E-state index is 12.1. The van der Waals surface area contributed by atoms with Gasteiger partial charge in [-0.05, 0) is 25.0 Å². The maximum Gasteiger partial charge on any atom is 0.225 e. The Bertz CT molecular complexity index is 465. The zero-order valence-corrected chi connectivity index (χ0v) is 12.7. The molecular formula is C16H25N3O2. The molecule has 1 heterocycles. The Balaban J connectivity index is 1.81. The number of carbonyl (C=O) groups is 1. The maximum absolute atomic E-state index is 12.1. The fraction of sp³-hybridized carbons (Fsp3) is 0.562. The van der Waals surface area contributed by atoms with Crippen LogP contribution in [0.1, 0.15) is 25.3 Å². The third kappa shape index (κ3) is 5.12. The molecule has 1 unspecified atom stereocenters. The Labute approximate surface area is 126 Å². The topological polar surface area (TPSA) is 67.6 Å². The molecule has 1 saturated heterocycles. The minimum Gasteiger partial charge on any atom is -0.377 e. The summed E-state index contributed by atoms with van der Waals surface area (Å²) in [5, 5.41) is 2.95. The van der Waals surface area contributed by atoms with E-state index in [1.807, 2.05) is 24.3 Å². The first kappa shape index (κ1) is 15.9. The van der Waals surface area contributed by atoms with E-state index in [1.165, 1.54) is 0 Å². The number of nitrogens with zero attached hydrogens (tertiary/aromatic N) is 1. The van der Waals surface area contributed by atoms with Crippen molar-refractivity contribution < 1.29 is 9.53 Å². The Morgan fingerprint density at radius 1 is 1.48 bits per heavy atom. The van der Waals surface area contributed by atoms with Crippen molar-refractivity contribution in [3.05, 3.63) is 29.8 Å². The van der Waals surface area contributed by atoms with Crippen molar-refractivity contribution in [2.45, 2.75) is 32.4 Å². The third-order valence-electron chi connectivity index (χ3n) is 3.70. The highest BCUT2D eigenvalue weighted by atomic mass is 16.5. The normalized spacial score (nSPS) is 20.0. The summed E-state index contributed by atoms with van der Waals surface area (Å²) >= 11 is 0. The minimum atomic E-state index is 0.0359. The summed E-state index contributed by atoms with van der Waals surface area (Å²) in [5.41, 5.74) is 7.45. The first-order chi connectivity index (χ1) is 10.2. The highest BCUT2D eigenvalue weighted by Crippen LogP contribution is 2.14. The van der Waals surface area contributed by atoms with Gasteiger partial charge in [0.05, 0.1) is 6.10 Å². The monoisotopic (exact) mass is 291 g/mol. The lowest BCUT2D eigenvalue weighted by Gasteiger charge is -2.21. The number of anilines is 1. The average molecular weight is 291 g/mol. The van der Waals surface area contributed by atoms with Gasteiger partial charge in [0.15, 0.2) is 0 Å². The van der Waals surface area contributed by atoms with Gasteiger partial charge in [-0.2, -0.15) is 0 Å². The molecule has 1 aliphatic rings. The Kier molecular flexibility index (Phi) is 6.17. The molecule has 1 aromatic carbocycles. The Morgan fingerprint density at radius 2 is 2.29 bits per heavy atom. The number of hydrogen-bond acceptors (Lipinski definition) is 4. The Morgan fingerprint density at radius 3 is 3.10 bits per heavy atom. The molecule has 0 spiro atoms. The van der Waals surface area contributed by atoms with Crippen LogP contribution in [0.15, 0.2) is 24.3 Å². The van der Waals surface area contributed by atoms with Crippen LogP contribution < -0.4 is 11.1 Å². The fourth-order valence-electron chi connectivity index (χ4n) is 2.58. The van der Waals surface area contributed by atoms with Gasteiger partial charge in [-0.3, -0.25) is 4.79 Å². The molecule has 0 radical (unpaired) electrons. The lowest BCUT2D eigenvalue weighted by Crippen LogP contribution is -2.33. The number of para-hydroxylation sites is 1. The largest absolute Gasteiger partial charge is 0.377 e. The van der Waals surface area contributed by atoms with Crippen molar-refractivity contribution >= 4 is 11.6 Å². The van der Waals surface area contributed by atoms with Gasteiger partial charge in [-0.15, -0.1) is 0 Å². The molecule has 116 valence electrons. The molecule has 1 aromatic rings. The number of nitrogens with two attached hydrogens (primary N) is 1. The predicted molar refractivity (Wildman–Crippen MR) is 84.1 cm³/mol.